The van der Waals surface area contributed by atoms with Gasteiger partial charge in [-0.15, -0.1) is 11.3 Å². The molecule has 0 bridgehead atoms. The first-order valence-electron chi connectivity index (χ1n) is 6.21. The largest absolute Gasteiger partial charge is 0.331 e. The zero-order valence-electron chi connectivity index (χ0n) is 10.2. The smallest absolute Gasteiger partial charge is 0.187 e. The zero-order valence-corrected chi connectivity index (χ0v) is 12.6. The third-order valence-electron chi connectivity index (χ3n) is 3.12. The first-order valence-corrected chi connectivity index (χ1v) is 7.82. The van der Waals surface area contributed by atoms with Gasteiger partial charge >= 0.3 is 0 Å². The lowest BCUT2D eigenvalue weighted by Crippen LogP contribution is -1.99. The van der Waals surface area contributed by atoms with E-state index in [4.69, 9.17) is 5.26 Å². The Labute approximate surface area is 124 Å². The lowest BCUT2D eigenvalue weighted by Gasteiger charge is -2.06. The lowest BCUT2D eigenvalue weighted by atomic mass is 10.0. The Kier molecular flexibility index (Phi) is 3.54. The summed E-state index contributed by atoms with van der Waals surface area (Å²) in [6.07, 6.45) is 4.75. The van der Waals surface area contributed by atoms with Crippen LogP contribution >= 0.6 is 27.3 Å². The number of anilines is 2. The van der Waals surface area contributed by atoms with Gasteiger partial charge in [-0.3, -0.25) is 0 Å². The van der Waals surface area contributed by atoms with Crippen LogP contribution in [-0.4, -0.2) is 4.98 Å². The van der Waals surface area contributed by atoms with Gasteiger partial charge in [0.1, 0.15) is 0 Å². The molecular weight excluding hydrogens is 322 g/mol. The molecule has 1 aliphatic rings. The van der Waals surface area contributed by atoms with Gasteiger partial charge in [0, 0.05) is 15.0 Å². The fraction of sp³-hybridized carbons (Fsp3) is 0.286. The van der Waals surface area contributed by atoms with E-state index < -0.39 is 0 Å². The summed E-state index contributed by atoms with van der Waals surface area (Å²) < 4.78 is 0.898. The van der Waals surface area contributed by atoms with Crippen molar-refractivity contribution in [1.29, 1.82) is 5.26 Å². The second kappa shape index (κ2) is 5.32. The molecule has 96 valence electrons. The topological polar surface area (TPSA) is 48.7 Å². The average Bonchev–Trinajstić information content (AvgIpc) is 2.80. The first kappa shape index (κ1) is 12.6. The van der Waals surface area contributed by atoms with E-state index in [1.54, 1.807) is 17.4 Å². The van der Waals surface area contributed by atoms with E-state index in [9.17, 15) is 0 Å². The van der Waals surface area contributed by atoms with E-state index in [0.717, 1.165) is 28.1 Å². The third-order valence-corrected chi connectivity index (χ3v) is 4.65. The van der Waals surface area contributed by atoms with E-state index in [1.807, 2.05) is 12.1 Å². The van der Waals surface area contributed by atoms with Crippen molar-refractivity contribution < 1.29 is 0 Å². The number of nitriles is 1. The molecule has 0 unspecified atom stereocenters. The summed E-state index contributed by atoms with van der Waals surface area (Å²) >= 11 is 5.15. The van der Waals surface area contributed by atoms with Crippen molar-refractivity contribution in [1.82, 2.24) is 4.98 Å². The molecule has 5 heteroatoms. The summed E-state index contributed by atoms with van der Waals surface area (Å²) in [5.74, 6) is 0. The highest BCUT2D eigenvalue weighted by atomic mass is 79.9. The molecule has 1 heterocycles. The summed E-state index contributed by atoms with van der Waals surface area (Å²) in [5, 5.41) is 13.2. The van der Waals surface area contributed by atoms with Crippen molar-refractivity contribution in [3.63, 3.8) is 0 Å². The Hall–Kier alpha value is -1.38. The Morgan fingerprint density at radius 2 is 2.11 bits per heavy atom. The second-order valence-corrected chi connectivity index (χ2v) is 6.56. The number of hydrogen-bond donors (Lipinski definition) is 1. The molecule has 19 heavy (non-hydrogen) atoms. The van der Waals surface area contributed by atoms with Gasteiger partial charge in [-0.2, -0.15) is 5.26 Å². The maximum atomic E-state index is 8.97. The molecule has 3 nitrogen and oxygen atoms in total. The van der Waals surface area contributed by atoms with Crippen LogP contribution < -0.4 is 5.32 Å². The van der Waals surface area contributed by atoms with E-state index in [2.05, 4.69) is 32.3 Å². The highest BCUT2D eigenvalue weighted by molar-refractivity contribution is 9.10. The van der Waals surface area contributed by atoms with Crippen LogP contribution in [0.5, 0.6) is 0 Å². The molecular formula is C14H12BrN3S. The minimum atomic E-state index is 0.637. The van der Waals surface area contributed by atoms with Crippen molar-refractivity contribution in [3.8, 4) is 6.07 Å². The number of nitrogens with zero attached hydrogens (tertiary/aromatic N) is 2. The standard InChI is InChI=1S/C14H12BrN3S/c15-10-5-9(8-16)6-11(7-10)17-14-18-12-3-1-2-4-13(12)19-14/h5-7H,1-4H2,(H,17,18). The van der Waals surface area contributed by atoms with Gasteiger partial charge in [-0.25, -0.2) is 4.98 Å². The Balaban J connectivity index is 1.87. The number of rotatable bonds is 2. The minimum absolute atomic E-state index is 0.637. The van der Waals surface area contributed by atoms with Crippen molar-refractivity contribution >= 4 is 38.1 Å². The molecule has 2 aromatic rings. The zero-order chi connectivity index (χ0) is 13.2. The quantitative estimate of drug-likeness (QED) is 0.885. The summed E-state index contributed by atoms with van der Waals surface area (Å²) in [4.78, 5) is 6.05. The van der Waals surface area contributed by atoms with Crippen LogP contribution in [0.4, 0.5) is 10.8 Å². The van der Waals surface area contributed by atoms with Gasteiger partial charge in [0.25, 0.3) is 0 Å². The highest BCUT2D eigenvalue weighted by Crippen LogP contribution is 2.32. The van der Waals surface area contributed by atoms with E-state index in [0.29, 0.717) is 5.56 Å². The van der Waals surface area contributed by atoms with Crippen LogP contribution in [0.25, 0.3) is 0 Å². The van der Waals surface area contributed by atoms with Crippen LogP contribution in [0.3, 0.4) is 0 Å². The third kappa shape index (κ3) is 2.80. The predicted octanol–water partition coefficient (Wildman–Crippen LogP) is 4.40. The van der Waals surface area contributed by atoms with Crippen molar-refractivity contribution in [2.24, 2.45) is 0 Å². The molecule has 3 rings (SSSR count). The molecule has 0 radical (unpaired) electrons. The Morgan fingerprint density at radius 3 is 2.89 bits per heavy atom. The molecule has 0 saturated carbocycles. The highest BCUT2D eigenvalue weighted by Gasteiger charge is 2.15. The number of fused-ring (bicyclic) bond motifs is 1. The second-order valence-electron chi connectivity index (χ2n) is 4.56. The number of thiazole rings is 1. The molecule has 0 saturated heterocycles. The minimum Gasteiger partial charge on any atom is -0.331 e. The molecule has 0 aliphatic heterocycles. The van der Waals surface area contributed by atoms with E-state index >= 15 is 0 Å². The van der Waals surface area contributed by atoms with Crippen LogP contribution in [-0.2, 0) is 12.8 Å². The lowest BCUT2D eigenvalue weighted by molar-refractivity contribution is 0.683. The number of benzene rings is 1. The first-order chi connectivity index (χ1) is 9.24. The monoisotopic (exact) mass is 333 g/mol. The summed E-state index contributed by atoms with van der Waals surface area (Å²) in [5.41, 5.74) is 2.78. The van der Waals surface area contributed by atoms with Crippen LogP contribution in [0.2, 0.25) is 0 Å². The number of aryl methyl sites for hydroxylation is 2. The van der Waals surface area contributed by atoms with Crippen molar-refractivity contribution in [2.45, 2.75) is 25.7 Å². The summed E-state index contributed by atoms with van der Waals surface area (Å²) in [7, 11) is 0. The molecule has 1 aromatic heterocycles. The molecule has 0 spiro atoms. The molecule has 0 fully saturated rings. The van der Waals surface area contributed by atoms with Gasteiger partial charge in [-0.1, -0.05) is 15.9 Å². The Morgan fingerprint density at radius 1 is 1.26 bits per heavy atom. The summed E-state index contributed by atoms with van der Waals surface area (Å²) in [6, 6.07) is 7.76. The maximum absolute atomic E-state index is 8.97. The van der Waals surface area contributed by atoms with Crippen molar-refractivity contribution in [2.75, 3.05) is 5.32 Å². The predicted molar refractivity (Wildman–Crippen MR) is 80.9 cm³/mol. The Bertz CT molecular complexity index is 634. The van der Waals surface area contributed by atoms with Gasteiger partial charge in [-0.05, 0) is 43.9 Å². The van der Waals surface area contributed by atoms with Crippen LogP contribution in [0.1, 0.15) is 29.0 Å². The van der Waals surface area contributed by atoms with E-state index in [-0.39, 0.29) is 0 Å². The fourth-order valence-corrected chi connectivity index (χ4v) is 3.82. The van der Waals surface area contributed by atoms with Gasteiger partial charge < -0.3 is 5.32 Å². The maximum Gasteiger partial charge on any atom is 0.187 e. The molecule has 0 amide bonds. The van der Waals surface area contributed by atoms with Crippen LogP contribution in [0.15, 0.2) is 22.7 Å². The van der Waals surface area contributed by atoms with Gasteiger partial charge in [0.15, 0.2) is 5.13 Å². The number of aromatic nitrogens is 1. The van der Waals surface area contributed by atoms with E-state index in [1.165, 1.54) is 23.4 Å². The average molecular weight is 334 g/mol. The van der Waals surface area contributed by atoms with Gasteiger partial charge in [0.2, 0.25) is 0 Å². The van der Waals surface area contributed by atoms with Crippen molar-refractivity contribution in [3.05, 3.63) is 38.8 Å². The number of hydrogen-bond acceptors (Lipinski definition) is 4. The number of nitrogens with one attached hydrogen (secondary N) is 1. The molecule has 0 atom stereocenters. The molecule has 1 aromatic carbocycles. The summed E-state index contributed by atoms with van der Waals surface area (Å²) in [6.45, 7) is 0. The normalized spacial score (nSPS) is 13.7. The molecule has 1 N–H and O–H groups in total. The fourth-order valence-electron chi connectivity index (χ4n) is 2.26. The SMILES string of the molecule is N#Cc1cc(Br)cc(Nc2nc3c(s2)CCCC3)c1. The number of halogens is 1. The molecule has 1 aliphatic carbocycles. The van der Waals surface area contributed by atoms with Gasteiger partial charge in [0.05, 0.1) is 17.3 Å². The van der Waals surface area contributed by atoms with Crippen LogP contribution in [0, 0.1) is 11.3 Å².